The van der Waals surface area contributed by atoms with Crippen molar-refractivity contribution in [2.75, 3.05) is 11.9 Å². The number of ether oxygens (including phenoxy) is 1. The Labute approximate surface area is 199 Å². The van der Waals surface area contributed by atoms with E-state index in [1.54, 1.807) is 30.8 Å². The fourth-order valence-electron chi connectivity index (χ4n) is 3.59. The van der Waals surface area contributed by atoms with Gasteiger partial charge in [-0.2, -0.15) is 5.26 Å². The number of hydrogen-bond donors (Lipinski definition) is 1. The summed E-state index contributed by atoms with van der Waals surface area (Å²) in [6.45, 7) is 4.58. The van der Waals surface area contributed by atoms with Crippen LogP contribution >= 0.6 is 0 Å². The summed E-state index contributed by atoms with van der Waals surface area (Å²) < 4.78 is 8.88. The number of carbonyl (C=O) groups excluding carboxylic acids is 1. The number of para-hydroxylation sites is 1. The molecule has 0 spiro atoms. The molecule has 0 aliphatic heterocycles. The number of nitriles is 1. The molecular weight excluding hydrogens is 428 g/mol. The summed E-state index contributed by atoms with van der Waals surface area (Å²) in [5, 5.41) is 12.2. The second kappa shape index (κ2) is 11.7. The summed E-state index contributed by atoms with van der Waals surface area (Å²) in [6.07, 6.45) is 6.04. The van der Waals surface area contributed by atoms with Crippen molar-refractivity contribution in [2.45, 2.75) is 39.5 Å². The van der Waals surface area contributed by atoms with Crippen LogP contribution in [-0.2, 0) is 11.8 Å². The minimum atomic E-state index is -0.634. The number of anilines is 1. The summed E-state index contributed by atoms with van der Waals surface area (Å²) in [6, 6.07) is 18.3. The number of hydrogen-bond acceptors (Lipinski definition) is 4. The molecule has 1 heterocycles. The first-order valence-corrected chi connectivity index (χ1v) is 11.5. The summed E-state index contributed by atoms with van der Waals surface area (Å²) in [4.78, 5) is 25.8. The van der Waals surface area contributed by atoms with Gasteiger partial charge in [0.25, 0.3) is 11.5 Å². The Morgan fingerprint density at radius 1 is 1.09 bits per heavy atom. The molecule has 0 unspecified atom stereocenters. The molecule has 7 heteroatoms. The van der Waals surface area contributed by atoms with Crippen molar-refractivity contribution in [3.63, 3.8) is 0 Å². The predicted octanol–water partition coefficient (Wildman–Crippen LogP) is 4.99. The Kier molecular flexibility index (Phi) is 8.47. The maximum atomic E-state index is 13.0. The van der Waals surface area contributed by atoms with E-state index in [1.165, 1.54) is 23.6 Å². The Hall–Kier alpha value is -4.05. The highest BCUT2D eigenvalue weighted by Gasteiger charge is 2.19. The van der Waals surface area contributed by atoms with E-state index in [-0.39, 0.29) is 16.8 Å². The third-order valence-corrected chi connectivity index (χ3v) is 5.62. The van der Waals surface area contributed by atoms with Gasteiger partial charge in [-0.15, -0.1) is 0 Å². The molecule has 0 saturated heterocycles. The van der Waals surface area contributed by atoms with Gasteiger partial charge in [0.1, 0.15) is 23.1 Å². The van der Waals surface area contributed by atoms with Crippen LogP contribution in [0.2, 0.25) is 0 Å². The van der Waals surface area contributed by atoms with Gasteiger partial charge >= 0.3 is 0 Å². The lowest BCUT2D eigenvalue weighted by Crippen LogP contribution is -2.23. The summed E-state index contributed by atoms with van der Waals surface area (Å²) in [7, 11) is 1.74. The van der Waals surface area contributed by atoms with E-state index in [0.717, 1.165) is 18.6 Å². The van der Waals surface area contributed by atoms with Gasteiger partial charge in [-0.3, -0.25) is 14.3 Å². The van der Waals surface area contributed by atoms with Crippen LogP contribution < -0.4 is 15.6 Å². The Bertz CT molecular complexity index is 1250. The fraction of sp³-hybridized carbons (Fsp3) is 0.296. The van der Waals surface area contributed by atoms with Crippen molar-refractivity contribution in [1.82, 2.24) is 9.36 Å². The zero-order chi connectivity index (χ0) is 24.5. The third-order valence-electron chi connectivity index (χ3n) is 5.62. The number of nitrogens with one attached hydrogen (secondary N) is 1. The monoisotopic (exact) mass is 458 g/mol. The van der Waals surface area contributed by atoms with Crippen molar-refractivity contribution in [1.29, 1.82) is 5.26 Å². The topological polar surface area (TPSA) is 89.0 Å². The van der Waals surface area contributed by atoms with Crippen LogP contribution in [0.4, 0.5) is 5.69 Å². The van der Waals surface area contributed by atoms with Gasteiger partial charge in [0.15, 0.2) is 0 Å². The first-order valence-electron chi connectivity index (χ1n) is 11.5. The maximum absolute atomic E-state index is 13.0. The second-order valence-electron chi connectivity index (χ2n) is 8.04. The minimum Gasteiger partial charge on any atom is -0.494 e. The Morgan fingerprint density at radius 2 is 1.79 bits per heavy atom. The number of aromatic nitrogens is 2. The van der Waals surface area contributed by atoms with Crippen LogP contribution in [0.3, 0.4) is 0 Å². The number of rotatable bonds is 10. The molecule has 2 aromatic carbocycles. The Balaban J connectivity index is 1.73. The largest absolute Gasteiger partial charge is 0.494 e. The molecule has 0 bridgehead atoms. The lowest BCUT2D eigenvalue weighted by Gasteiger charge is -2.07. The van der Waals surface area contributed by atoms with E-state index >= 15 is 0 Å². The van der Waals surface area contributed by atoms with Crippen LogP contribution in [0.1, 0.15) is 43.9 Å². The smallest absolute Gasteiger partial charge is 0.295 e. The van der Waals surface area contributed by atoms with Gasteiger partial charge in [-0.05, 0) is 49.2 Å². The van der Waals surface area contributed by atoms with Crippen molar-refractivity contribution in [3.05, 3.63) is 81.8 Å². The first kappa shape index (κ1) is 24.6. The van der Waals surface area contributed by atoms with Gasteiger partial charge in [0.2, 0.25) is 0 Å². The molecule has 0 atom stereocenters. The van der Waals surface area contributed by atoms with Crippen LogP contribution in [0.15, 0.2) is 65.0 Å². The van der Waals surface area contributed by atoms with E-state index < -0.39 is 5.91 Å². The minimum absolute atomic E-state index is 0.0952. The van der Waals surface area contributed by atoms with Crippen molar-refractivity contribution in [3.8, 4) is 17.5 Å². The predicted molar refractivity (Wildman–Crippen MR) is 134 cm³/mol. The Morgan fingerprint density at radius 3 is 2.44 bits per heavy atom. The molecule has 0 aliphatic carbocycles. The molecule has 0 aliphatic rings. The molecule has 1 amide bonds. The molecule has 0 radical (unpaired) electrons. The van der Waals surface area contributed by atoms with Gasteiger partial charge < -0.3 is 10.1 Å². The molecular formula is C27H30N4O3. The summed E-state index contributed by atoms with van der Waals surface area (Å²) in [5.41, 5.74) is 1.64. The number of amides is 1. The van der Waals surface area contributed by atoms with Crippen molar-refractivity contribution >= 4 is 17.7 Å². The van der Waals surface area contributed by atoms with Crippen LogP contribution in [0.25, 0.3) is 11.8 Å². The molecule has 1 N–H and O–H groups in total. The van der Waals surface area contributed by atoms with Gasteiger partial charge in [0.05, 0.1) is 18.0 Å². The summed E-state index contributed by atoms with van der Waals surface area (Å²) >= 11 is 0. The quantitative estimate of drug-likeness (QED) is 0.263. The van der Waals surface area contributed by atoms with Gasteiger partial charge in [0, 0.05) is 7.05 Å². The second-order valence-corrected chi connectivity index (χ2v) is 8.04. The standard InChI is InChI=1S/C27H30N4O3/c1-4-5-6-10-17-34-24-15-13-21(14-16-24)18-22(19-28)26(32)29-25-20(2)30(3)31(27(25)33)23-11-8-7-9-12-23/h7-9,11-16,18H,4-6,10,17H2,1-3H3,(H,29,32). The maximum Gasteiger partial charge on any atom is 0.295 e. The molecule has 34 heavy (non-hydrogen) atoms. The van der Waals surface area contributed by atoms with E-state index in [2.05, 4.69) is 12.2 Å². The number of unbranched alkanes of at least 4 members (excludes halogenated alkanes) is 3. The molecule has 0 saturated carbocycles. The zero-order valence-corrected chi connectivity index (χ0v) is 19.9. The molecule has 3 rings (SSSR count). The molecule has 1 aromatic heterocycles. The highest BCUT2D eigenvalue weighted by molar-refractivity contribution is 6.09. The SMILES string of the molecule is CCCCCCOc1ccc(C=C(C#N)C(=O)Nc2c(C)n(C)n(-c3ccccc3)c2=O)cc1. The van der Waals surface area contributed by atoms with Crippen molar-refractivity contribution in [2.24, 2.45) is 7.05 Å². The van der Waals surface area contributed by atoms with E-state index in [1.807, 2.05) is 48.5 Å². The van der Waals surface area contributed by atoms with Gasteiger partial charge in [-0.25, -0.2) is 4.68 Å². The lowest BCUT2D eigenvalue weighted by molar-refractivity contribution is -0.112. The van der Waals surface area contributed by atoms with E-state index in [9.17, 15) is 14.9 Å². The average molecular weight is 459 g/mol. The molecule has 7 nitrogen and oxygen atoms in total. The fourth-order valence-corrected chi connectivity index (χ4v) is 3.59. The van der Waals surface area contributed by atoms with Crippen LogP contribution in [0.5, 0.6) is 5.75 Å². The third kappa shape index (κ3) is 5.84. The number of nitrogens with zero attached hydrogens (tertiary/aromatic N) is 3. The van der Waals surface area contributed by atoms with E-state index in [0.29, 0.717) is 23.6 Å². The lowest BCUT2D eigenvalue weighted by atomic mass is 10.1. The normalized spacial score (nSPS) is 11.2. The molecule has 0 fully saturated rings. The highest BCUT2D eigenvalue weighted by Crippen LogP contribution is 2.18. The van der Waals surface area contributed by atoms with Crippen molar-refractivity contribution < 1.29 is 9.53 Å². The number of benzene rings is 2. The average Bonchev–Trinajstić information content (AvgIpc) is 3.06. The highest BCUT2D eigenvalue weighted by atomic mass is 16.5. The molecule has 3 aromatic rings. The molecule has 176 valence electrons. The van der Waals surface area contributed by atoms with Crippen LogP contribution in [0, 0.1) is 18.3 Å². The summed E-state index contributed by atoms with van der Waals surface area (Å²) in [5.74, 6) is 0.114. The van der Waals surface area contributed by atoms with E-state index in [4.69, 9.17) is 4.74 Å². The van der Waals surface area contributed by atoms with Crippen LogP contribution in [-0.4, -0.2) is 21.9 Å². The number of carbonyl (C=O) groups is 1. The van der Waals surface area contributed by atoms with Gasteiger partial charge in [-0.1, -0.05) is 56.5 Å². The zero-order valence-electron chi connectivity index (χ0n) is 19.9. The first-order chi connectivity index (χ1) is 16.5.